The Kier molecular flexibility index (Phi) is 4.90. The van der Waals surface area contributed by atoms with Gasteiger partial charge in [0.2, 0.25) is 0 Å². The van der Waals surface area contributed by atoms with Crippen molar-refractivity contribution in [2.75, 3.05) is 5.32 Å². The van der Waals surface area contributed by atoms with E-state index in [1.54, 1.807) is 6.07 Å². The largest absolute Gasteiger partial charge is 0.416 e. The number of anilines is 1. The molecule has 0 fully saturated rings. The molecule has 0 saturated heterocycles. The molecule has 1 amide bonds. The number of nitrogens with one attached hydrogen (secondary N) is 1. The van der Waals surface area contributed by atoms with Gasteiger partial charge in [0.25, 0.3) is 5.91 Å². The van der Waals surface area contributed by atoms with Crippen molar-refractivity contribution in [3.8, 4) is 0 Å². The van der Waals surface area contributed by atoms with Crippen molar-refractivity contribution in [3.63, 3.8) is 0 Å². The molecule has 2 aromatic carbocycles. The summed E-state index contributed by atoms with van der Waals surface area (Å²) in [4.78, 5) is 12.6. The predicted molar refractivity (Wildman–Crippen MR) is 96.3 cm³/mol. The molecular formula is C16H7Cl3F3NOS. The fraction of sp³-hybridized carbons (Fsp3) is 0.0625. The Balaban J connectivity index is 1.96. The first kappa shape index (κ1) is 18.3. The van der Waals surface area contributed by atoms with Crippen LogP contribution in [0.1, 0.15) is 15.2 Å². The molecule has 0 bridgehead atoms. The maximum absolute atomic E-state index is 12.8. The summed E-state index contributed by atoms with van der Waals surface area (Å²) in [5, 5.41) is 3.71. The minimum absolute atomic E-state index is 0.0116. The third-order valence-corrected chi connectivity index (χ3v) is 5.45. The number of carbonyl (C=O) groups is 1. The number of amides is 1. The maximum atomic E-state index is 12.8. The van der Waals surface area contributed by atoms with Crippen molar-refractivity contribution in [2.24, 2.45) is 0 Å². The Labute approximate surface area is 159 Å². The first-order valence-corrected chi connectivity index (χ1v) is 8.67. The van der Waals surface area contributed by atoms with Crippen LogP contribution in [0.4, 0.5) is 18.9 Å². The van der Waals surface area contributed by atoms with Gasteiger partial charge in [-0.25, -0.2) is 0 Å². The highest BCUT2D eigenvalue weighted by Crippen LogP contribution is 2.41. The minimum Gasteiger partial charge on any atom is -0.321 e. The number of alkyl halides is 3. The monoisotopic (exact) mass is 423 g/mol. The Morgan fingerprint density at radius 3 is 2.48 bits per heavy atom. The normalized spacial score (nSPS) is 11.8. The van der Waals surface area contributed by atoms with Crippen LogP contribution in [0.2, 0.25) is 15.1 Å². The van der Waals surface area contributed by atoms with E-state index in [2.05, 4.69) is 5.32 Å². The van der Waals surface area contributed by atoms with Crippen LogP contribution in [-0.4, -0.2) is 5.91 Å². The molecule has 1 N–H and O–H groups in total. The van der Waals surface area contributed by atoms with Gasteiger partial charge < -0.3 is 5.32 Å². The van der Waals surface area contributed by atoms with Crippen LogP contribution in [0.3, 0.4) is 0 Å². The number of fused-ring (bicyclic) bond motifs is 1. The summed E-state index contributed by atoms with van der Waals surface area (Å²) in [6.07, 6.45) is -4.50. The van der Waals surface area contributed by atoms with E-state index < -0.39 is 17.6 Å². The van der Waals surface area contributed by atoms with Crippen molar-refractivity contribution < 1.29 is 18.0 Å². The molecule has 0 aliphatic rings. The van der Waals surface area contributed by atoms with E-state index in [-0.39, 0.29) is 15.6 Å². The second kappa shape index (κ2) is 6.68. The van der Waals surface area contributed by atoms with Gasteiger partial charge in [0.1, 0.15) is 4.88 Å². The van der Waals surface area contributed by atoms with Crippen LogP contribution >= 0.6 is 46.1 Å². The fourth-order valence-electron chi connectivity index (χ4n) is 2.22. The Bertz CT molecular complexity index is 985. The Morgan fingerprint density at radius 2 is 1.80 bits per heavy atom. The molecule has 25 heavy (non-hydrogen) atoms. The number of carbonyl (C=O) groups excluding carboxylic acids is 1. The maximum Gasteiger partial charge on any atom is 0.416 e. The van der Waals surface area contributed by atoms with Gasteiger partial charge in [-0.3, -0.25) is 4.79 Å². The van der Waals surface area contributed by atoms with Gasteiger partial charge in [-0.15, -0.1) is 11.3 Å². The second-order valence-corrected chi connectivity index (χ2v) is 7.31. The minimum atomic E-state index is -4.50. The average Bonchev–Trinajstić information content (AvgIpc) is 2.83. The van der Waals surface area contributed by atoms with Crippen LogP contribution in [0.5, 0.6) is 0 Å². The summed E-state index contributed by atoms with van der Waals surface area (Å²) in [7, 11) is 0. The van der Waals surface area contributed by atoms with Crippen molar-refractivity contribution in [3.05, 3.63) is 61.9 Å². The van der Waals surface area contributed by atoms with Crippen LogP contribution in [0.15, 0.2) is 36.4 Å². The van der Waals surface area contributed by atoms with Crippen molar-refractivity contribution in [1.29, 1.82) is 0 Å². The smallest absolute Gasteiger partial charge is 0.321 e. The van der Waals surface area contributed by atoms with Crippen LogP contribution < -0.4 is 5.32 Å². The molecule has 0 atom stereocenters. The van der Waals surface area contributed by atoms with Gasteiger partial charge in [0, 0.05) is 20.8 Å². The lowest BCUT2D eigenvalue weighted by atomic mass is 10.2. The first-order chi connectivity index (χ1) is 11.7. The van der Waals surface area contributed by atoms with Gasteiger partial charge >= 0.3 is 6.18 Å². The molecule has 0 spiro atoms. The zero-order valence-electron chi connectivity index (χ0n) is 12.0. The molecule has 0 saturated carbocycles. The van der Waals surface area contributed by atoms with E-state index in [1.165, 1.54) is 18.2 Å². The highest BCUT2D eigenvalue weighted by molar-refractivity contribution is 7.21. The van der Waals surface area contributed by atoms with E-state index in [0.29, 0.717) is 20.1 Å². The van der Waals surface area contributed by atoms with Gasteiger partial charge in [0.15, 0.2) is 0 Å². The molecule has 3 rings (SSSR count). The zero-order valence-corrected chi connectivity index (χ0v) is 15.1. The quantitative estimate of drug-likeness (QED) is 0.466. The van der Waals surface area contributed by atoms with Gasteiger partial charge in [0.05, 0.1) is 15.6 Å². The lowest BCUT2D eigenvalue weighted by Crippen LogP contribution is -2.12. The van der Waals surface area contributed by atoms with Crippen LogP contribution in [0, 0.1) is 0 Å². The molecule has 0 unspecified atom stereocenters. The number of hydrogen-bond acceptors (Lipinski definition) is 2. The summed E-state index contributed by atoms with van der Waals surface area (Å²) in [6, 6.07) is 7.45. The van der Waals surface area contributed by atoms with Crippen LogP contribution in [-0.2, 0) is 6.18 Å². The molecule has 2 nitrogen and oxygen atoms in total. The highest BCUT2D eigenvalue weighted by atomic mass is 35.5. The lowest BCUT2D eigenvalue weighted by Gasteiger charge is -2.09. The third kappa shape index (κ3) is 3.72. The van der Waals surface area contributed by atoms with Crippen molar-refractivity contribution >= 4 is 67.8 Å². The molecule has 1 aromatic heterocycles. The second-order valence-electron chi connectivity index (χ2n) is 5.04. The van der Waals surface area contributed by atoms with Crippen LogP contribution in [0.25, 0.3) is 10.1 Å². The topological polar surface area (TPSA) is 29.1 Å². The summed E-state index contributed by atoms with van der Waals surface area (Å²) < 4.78 is 38.9. The molecule has 9 heteroatoms. The number of halogens is 6. The van der Waals surface area contributed by atoms with Gasteiger partial charge in [-0.1, -0.05) is 40.9 Å². The SMILES string of the molecule is O=C(Nc1cccc(C(F)(F)F)c1)c1sc2cc(Cl)cc(Cl)c2c1Cl. The standard InChI is InChI=1S/C16H7Cl3F3NOS/c17-8-5-10(18)12-11(6-8)25-14(13(12)19)15(24)23-9-3-1-2-7(4-9)16(20,21)22/h1-6H,(H,23,24). The third-order valence-electron chi connectivity index (χ3n) is 3.30. The lowest BCUT2D eigenvalue weighted by molar-refractivity contribution is -0.137. The van der Waals surface area contributed by atoms with Crippen molar-refractivity contribution in [2.45, 2.75) is 6.18 Å². The Morgan fingerprint density at radius 1 is 1.08 bits per heavy atom. The fourth-order valence-corrected chi connectivity index (χ4v) is 4.49. The number of benzene rings is 2. The molecule has 0 radical (unpaired) electrons. The molecule has 130 valence electrons. The molecular weight excluding hydrogens is 418 g/mol. The summed E-state index contributed by atoms with van der Waals surface area (Å²) >= 11 is 19.3. The average molecular weight is 425 g/mol. The summed E-state index contributed by atoms with van der Waals surface area (Å²) in [5.74, 6) is -0.627. The summed E-state index contributed by atoms with van der Waals surface area (Å²) in [5.41, 5.74) is -0.847. The van der Waals surface area contributed by atoms with Gasteiger partial charge in [-0.2, -0.15) is 13.2 Å². The van der Waals surface area contributed by atoms with E-state index in [1.807, 2.05) is 0 Å². The highest BCUT2D eigenvalue weighted by Gasteiger charge is 2.30. The van der Waals surface area contributed by atoms with E-state index >= 15 is 0 Å². The molecule has 0 aliphatic carbocycles. The Hall–Kier alpha value is -1.47. The van der Waals surface area contributed by atoms with E-state index in [9.17, 15) is 18.0 Å². The number of hydrogen-bond donors (Lipinski definition) is 1. The summed E-state index contributed by atoms with van der Waals surface area (Å²) in [6.45, 7) is 0. The first-order valence-electron chi connectivity index (χ1n) is 6.72. The molecule has 3 aromatic rings. The molecule has 0 aliphatic heterocycles. The van der Waals surface area contributed by atoms with Crippen molar-refractivity contribution in [1.82, 2.24) is 0 Å². The van der Waals surface area contributed by atoms with E-state index in [0.717, 1.165) is 23.5 Å². The molecule has 1 heterocycles. The zero-order chi connectivity index (χ0) is 18.4. The number of thiophene rings is 1. The predicted octanol–water partition coefficient (Wildman–Crippen LogP) is 7.13. The van der Waals surface area contributed by atoms with Gasteiger partial charge in [-0.05, 0) is 30.3 Å². The number of rotatable bonds is 2. The van der Waals surface area contributed by atoms with E-state index in [4.69, 9.17) is 34.8 Å².